The lowest BCUT2D eigenvalue weighted by Gasteiger charge is -2.36. The summed E-state index contributed by atoms with van der Waals surface area (Å²) in [7, 11) is -3.38. The number of pyridine rings is 1. The van der Waals surface area contributed by atoms with Gasteiger partial charge in [-0.1, -0.05) is 12.1 Å². The zero-order valence-electron chi connectivity index (χ0n) is 16.3. The second-order valence-corrected chi connectivity index (χ2v) is 9.19. The number of nitrogens with one attached hydrogen (secondary N) is 1. The van der Waals surface area contributed by atoms with E-state index < -0.39 is 10.0 Å². The normalized spacial score (nSPS) is 17.4. The summed E-state index contributed by atoms with van der Waals surface area (Å²) in [5, 5.41) is 0.771. The Balaban J connectivity index is 1.59. The number of carbonyl (C=O) groups is 1. The number of amides is 1. The number of aromatic nitrogens is 2. The topological polar surface area (TPSA) is 84.3 Å². The Morgan fingerprint density at radius 1 is 1.21 bits per heavy atom. The lowest BCUT2D eigenvalue weighted by molar-refractivity contribution is -0.135. The highest BCUT2D eigenvalue weighted by Crippen LogP contribution is 2.31. The number of sulfonamides is 1. The van der Waals surface area contributed by atoms with E-state index in [0.717, 1.165) is 48.5 Å². The van der Waals surface area contributed by atoms with Crippen molar-refractivity contribution in [3.05, 3.63) is 60.6 Å². The number of fused-ring (bicyclic) bond motifs is 1. The van der Waals surface area contributed by atoms with Gasteiger partial charge in [-0.3, -0.25) is 14.5 Å². The molecule has 1 aromatic carbocycles. The van der Waals surface area contributed by atoms with E-state index in [4.69, 9.17) is 0 Å². The Hall–Kier alpha value is -2.87. The van der Waals surface area contributed by atoms with Crippen molar-refractivity contribution in [2.24, 2.45) is 0 Å². The van der Waals surface area contributed by atoms with Crippen LogP contribution in [0.25, 0.3) is 10.9 Å². The fourth-order valence-corrected chi connectivity index (χ4v) is 4.61. The third-order valence-corrected chi connectivity index (χ3v) is 5.90. The fourth-order valence-electron chi connectivity index (χ4n) is 4.04. The van der Waals surface area contributed by atoms with E-state index in [9.17, 15) is 13.2 Å². The molecule has 0 spiro atoms. The van der Waals surface area contributed by atoms with Crippen molar-refractivity contribution in [3.8, 4) is 0 Å². The molecular weight excluding hydrogens is 388 g/mol. The van der Waals surface area contributed by atoms with E-state index in [1.165, 1.54) is 0 Å². The van der Waals surface area contributed by atoms with Crippen molar-refractivity contribution in [1.29, 1.82) is 0 Å². The van der Waals surface area contributed by atoms with Crippen LogP contribution in [-0.4, -0.2) is 41.6 Å². The molecule has 0 radical (unpaired) electrons. The van der Waals surface area contributed by atoms with Crippen LogP contribution in [0.1, 0.15) is 30.9 Å². The highest BCUT2D eigenvalue weighted by atomic mass is 32.2. The van der Waals surface area contributed by atoms with Gasteiger partial charge in [0.2, 0.25) is 15.9 Å². The van der Waals surface area contributed by atoms with Crippen LogP contribution in [0.5, 0.6) is 0 Å². The smallest absolute Gasteiger partial charge is 0.243 e. The fraction of sp³-hybridized carbons (Fsp3) is 0.333. The maximum absolute atomic E-state index is 13.2. The second-order valence-electron chi connectivity index (χ2n) is 7.44. The first-order valence-electron chi connectivity index (χ1n) is 9.67. The lowest BCUT2D eigenvalue weighted by Crippen LogP contribution is -2.40. The largest absolute Gasteiger partial charge is 0.338 e. The molecule has 29 heavy (non-hydrogen) atoms. The molecule has 0 bridgehead atoms. The van der Waals surface area contributed by atoms with Gasteiger partial charge in [0.1, 0.15) is 6.54 Å². The van der Waals surface area contributed by atoms with Crippen molar-refractivity contribution in [1.82, 2.24) is 14.5 Å². The predicted molar refractivity (Wildman–Crippen MR) is 113 cm³/mol. The minimum atomic E-state index is -3.38. The van der Waals surface area contributed by atoms with Gasteiger partial charge in [0, 0.05) is 30.5 Å². The number of rotatable bonds is 5. The Labute approximate surface area is 170 Å². The molecule has 7 nitrogen and oxygen atoms in total. The van der Waals surface area contributed by atoms with Gasteiger partial charge in [-0.2, -0.15) is 0 Å². The number of carbonyl (C=O) groups excluding carboxylic acids is 1. The molecule has 3 heterocycles. The molecule has 1 fully saturated rings. The van der Waals surface area contributed by atoms with Crippen LogP contribution in [0.15, 0.2) is 55.0 Å². The van der Waals surface area contributed by atoms with Gasteiger partial charge in [-0.05, 0) is 49.1 Å². The quantitative estimate of drug-likeness (QED) is 0.698. The van der Waals surface area contributed by atoms with E-state index in [1.54, 1.807) is 18.3 Å². The molecule has 1 N–H and O–H groups in total. The van der Waals surface area contributed by atoms with Gasteiger partial charge in [0.05, 0.1) is 23.5 Å². The highest BCUT2D eigenvalue weighted by molar-refractivity contribution is 7.92. The van der Waals surface area contributed by atoms with Crippen LogP contribution in [0, 0.1) is 0 Å². The van der Waals surface area contributed by atoms with Crippen molar-refractivity contribution < 1.29 is 13.2 Å². The molecule has 1 aliphatic rings. The summed E-state index contributed by atoms with van der Waals surface area (Å²) >= 11 is 0. The zero-order chi connectivity index (χ0) is 20.4. The van der Waals surface area contributed by atoms with E-state index in [2.05, 4.69) is 9.71 Å². The van der Waals surface area contributed by atoms with Gasteiger partial charge in [0.15, 0.2) is 0 Å². The number of likely N-dealkylation sites (tertiary alicyclic amines) is 1. The Morgan fingerprint density at radius 3 is 2.83 bits per heavy atom. The standard InChI is InChI=1S/C21H24N4O3S/c1-29(27,28)23-18-7-4-9-20-17(18)10-13-24(20)15-21(26)25-12-3-2-8-19(25)16-6-5-11-22-14-16/h4-7,9-11,13-14,19,23H,2-3,8,12,15H2,1H3/t19-/m0/s1. The maximum atomic E-state index is 13.2. The van der Waals surface area contributed by atoms with Gasteiger partial charge in [-0.25, -0.2) is 8.42 Å². The molecule has 4 rings (SSSR count). The van der Waals surface area contributed by atoms with Crippen molar-refractivity contribution in [2.45, 2.75) is 31.8 Å². The summed E-state index contributed by atoms with van der Waals surface area (Å²) < 4.78 is 27.7. The van der Waals surface area contributed by atoms with Crippen LogP contribution in [0.2, 0.25) is 0 Å². The summed E-state index contributed by atoms with van der Waals surface area (Å²) in [5.74, 6) is 0.0533. The van der Waals surface area contributed by atoms with Gasteiger partial charge < -0.3 is 9.47 Å². The van der Waals surface area contributed by atoms with Crippen molar-refractivity contribution >= 4 is 32.5 Å². The van der Waals surface area contributed by atoms with Crippen molar-refractivity contribution in [3.63, 3.8) is 0 Å². The predicted octanol–water partition coefficient (Wildman–Crippen LogP) is 3.16. The van der Waals surface area contributed by atoms with Crippen LogP contribution < -0.4 is 4.72 Å². The first-order valence-corrected chi connectivity index (χ1v) is 11.6. The maximum Gasteiger partial charge on any atom is 0.243 e. The molecule has 0 saturated carbocycles. The number of nitrogens with zero attached hydrogens (tertiary/aromatic N) is 3. The number of benzene rings is 1. The summed E-state index contributed by atoms with van der Waals surface area (Å²) in [4.78, 5) is 19.3. The molecule has 152 valence electrons. The molecule has 1 atom stereocenters. The molecule has 0 aliphatic carbocycles. The van der Waals surface area contributed by atoms with Crippen LogP contribution >= 0.6 is 0 Å². The summed E-state index contributed by atoms with van der Waals surface area (Å²) in [5.41, 5.74) is 2.40. The van der Waals surface area contributed by atoms with Gasteiger partial charge in [0.25, 0.3) is 0 Å². The molecular formula is C21H24N4O3S. The average Bonchev–Trinajstić information content (AvgIpc) is 3.11. The monoisotopic (exact) mass is 412 g/mol. The Bertz CT molecular complexity index is 1130. The molecule has 1 amide bonds. The molecule has 3 aromatic rings. The molecule has 2 aromatic heterocycles. The zero-order valence-corrected chi connectivity index (χ0v) is 17.1. The number of hydrogen-bond donors (Lipinski definition) is 1. The van der Waals surface area contributed by atoms with Crippen molar-refractivity contribution in [2.75, 3.05) is 17.5 Å². The van der Waals surface area contributed by atoms with Crippen LogP contribution in [0.4, 0.5) is 5.69 Å². The number of hydrogen-bond acceptors (Lipinski definition) is 4. The minimum absolute atomic E-state index is 0.0502. The summed E-state index contributed by atoms with van der Waals surface area (Å²) in [6, 6.07) is 11.2. The average molecular weight is 413 g/mol. The first kappa shape index (κ1) is 19.4. The third-order valence-electron chi connectivity index (χ3n) is 5.31. The SMILES string of the molecule is CS(=O)(=O)Nc1cccc2c1ccn2CC(=O)N1CCCC[C@H]1c1cccnc1. The van der Waals surface area contributed by atoms with E-state index in [1.807, 2.05) is 46.1 Å². The van der Waals surface area contributed by atoms with Crippen LogP contribution in [-0.2, 0) is 21.4 Å². The van der Waals surface area contributed by atoms with Gasteiger partial charge in [-0.15, -0.1) is 0 Å². The molecule has 0 unspecified atom stereocenters. The Morgan fingerprint density at radius 2 is 2.07 bits per heavy atom. The van der Waals surface area contributed by atoms with Gasteiger partial charge >= 0.3 is 0 Å². The molecule has 1 saturated heterocycles. The van der Waals surface area contributed by atoms with E-state index in [0.29, 0.717) is 5.69 Å². The van der Waals surface area contributed by atoms with E-state index >= 15 is 0 Å². The molecule has 8 heteroatoms. The summed E-state index contributed by atoms with van der Waals surface area (Å²) in [6.45, 7) is 0.946. The second kappa shape index (κ2) is 7.87. The third kappa shape index (κ3) is 4.27. The lowest BCUT2D eigenvalue weighted by atomic mass is 9.96. The van der Waals surface area contributed by atoms with E-state index in [-0.39, 0.29) is 18.5 Å². The molecule has 1 aliphatic heterocycles. The Kier molecular flexibility index (Phi) is 5.27. The summed E-state index contributed by atoms with van der Waals surface area (Å²) in [6.07, 6.45) is 9.57. The first-order chi connectivity index (χ1) is 13.9. The van der Waals surface area contributed by atoms with Crippen LogP contribution in [0.3, 0.4) is 0 Å². The number of piperidine rings is 1. The highest BCUT2D eigenvalue weighted by Gasteiger charge is 2.28. The number of anilines is 1. The minimum Gasteiger partial charge on any atom is -0.338 e.